The van der Waals surface area contributed by atoms with Gasteiger partial charge in [0, 0.05) is 25.5 Å². The van der Waals surface area contributed by atoms with Crippen molar-refractivity contribution in [1.82, 2.24) is 9.55 Å². The summed E-state index contributed by atoms with van der Waals surface area (Å²) in [6, 6.07) is 0.434. The van der Waals surface area contributed by atoms with Crippen LogP contribution in [0.3, 0.4) is 0 Å². The third-order valence-electron chi connectivity index (χ3n) is 2.98. The molecule has 0 amide bonds. The molecule has 4 heteroatoms. The van der Waals surface area contributed by atoms with Gasteiger partial charge in [-0.25, -0.2) is 4.98 Å². The second kappa shape index (κ2) is 6.01. The van der Waals surface area contributed by atoms with E-state index in [1.807, 2.05) is 18.7 Å². The summed E-state index contributed by atoms with van der Waals surface area (Å²) in [4.78, 5) is 4.08. The number of methoxy groups -OCH3 is 1. The van der Waals surface area contributed by atoms with Crippen LogP contribution in [-0.4, -0.2) is 36.0 Å². The molecule has 1 saturated carbocycles. The van der Waals surface area contributed by atoms with Crippen molar-refractivity contribution >= 4 is 0 Å². The third-order valence-corrected chi connectivity index (χ3v) is 2.98. The largest absolute Gasteiger partial charge is 0.382 e. The van der Waals surface area contributed by atoms with Gasteiger partial charge in [-0.15, -0.1) is 0 Å². The van der Waals surface area contributed by atoms with E-state index in [1.54, 1.807) is 7.11 Å². The van der Waals surface area contributed by atoms with Crippen LogP contribution in [0.4, 0.5) is 0 Å². The van der Waals surface area contributed by atoms with Crippen molar-refractivity contribution in [3.8, 4) is 0 Å². The van der Waals surface area contributed by atoms with Crippen molar-refractivity contribution in [1.29, 1.82) is 0 Å². The zero-order valence-corrected chi connectivity index (χ0v) is 9.71. The Morgan fingerprint density at radius 1 is 1.44 bits per heavy atom. The predicted octanol–water partition coefficient (Wildman–Crippen LogP) is 1.84. The minimum Gasteiger partial charge on any atom is -0.382 e. The molecule has 0 aliphatic heterocycles. The van der Waals surface area contributed by atoms with Gasteiger partial charge in [0.05, 0.1) is 25.6 Å². The molecule has 0 bridgehead atoms. The van der Waals surface area contributed by atoms with E-state index in [0.717, 1.165) is 19.3 Å². The highest BCUT2D eigenvalue weighted by Gasteiger charge is 2.23. The number of imidazole rings is 1. The number of hydrogen-bond acceptors (Lipinski definition) is 3. The molecule has 1 unspecified atom stereocenters. The van der Waals surface area contributed by atoms with Gasteiger partial charge < -0.3 is 14.0 Å². The number of hydrogen-bond donors (Lipinski definition) is 0. The summed E-state index contributed by atoms with van der Waals surface area (Å²) in [5, 5.41) is 0. The molecule has 1 fully saturated rings. The van der Waals surface area contributed by atoms with Crippen molar-refractivity contribution in [3.05, 3.63) is 25.1 Å². The van der Waals surface area contributed by atoms with Crippen molar-refractivity contribution < 1.29 is 9.47 Å². The van der Waals surface area contributed by atoms with E-state index in [1.165, 1.54) is 0 Å². The Labute approximate surface area is 96.6 Å². The van der Waals surface area contributed by atoms with Crippen LogP contribution in [0.1, 0.15) is 25.3 Å². The van der Waals surface area contributed by atoms with Gasteiger partial charge in [0.25, 0.3) is 0 Å². The fraction of sp³-hybridized carbons (Fsp3) is 0.667. The first-order valence-electron chi connectivity index (χ1n) is 5.81. The molecule has 4 nitrogen and oxygen atoms in total. The van der Waals surface area contributed by atoms with Crippen LogP contribution in [0.15, 0.2) is 18.7 Å². The van der Waals surface area contributed by atoms with Crippen LogP contribution in [-0.2, 0) is 9.47 Å². The van der Waals surface area contributed by atoms with Crippen LogP contribution in [0, 0.1) is 6.42 Å². The molecule has 2 atom stereocenters. The Bertz CT molecular complexity index is 287. The second-order valence-electron chi connectivity index (χ2n) is 4.11. The first-order chi connectivity index (χ1) is 7.90. The first-order valence-corrected chi connectivity index (χ1v) is 5.81. The topological polar surface area (TPSA) is 36.3 Å². The lowest BCUT2D eigenvalue weighted by Crippen LogP contribution is -2.26. The summed E-state index contributed by atoms with van der Waals surface area (Å²) >= 11 is 0. The van der Waals surface area contributed by atoms with Crippen molar-refractivity contribution in [2.45, 2.75) is 31.4 Å². The standard InChI is InChI=1S/C12H19N2O2/c1-15-7-8-16-12-4-2-3-11(9-12)14-6-5-13-10-14/h3,5-6,10-12H,2,4,7-9H2,1H3/t11?,12-/m1/s1. The summed E-state index contributed by atoms with van der Waals surface area (Å²) in [5.74, 6) is 0. The SMILES string of the molecule is COCCO[C@@H]1CC[CH]C(n2ccnc2)C1. The fourth-order valence-electron chi connectivity index (χ4n) is 2.12. The van der Waals surface area contributed by atoms with Gasteiger partial charge in [0.1, 0.15) is 0 Å². The molecule has 0 spiro atoms. The smallest absolute Gasteiger partial charge is 0.0948 e. The van der Waals surface area contributed by atoms with Gasteiger partial charge in [0.15, 0.2) is 0 Å². The Morgan fingerprint density at radius 3 is 3.12 bits per heavy atom. The van der Waals surface area contributed by atoms with Crippen molar-refractivity contribution in [2.24, 2.45) is 0 Å². The number of aromatic nitrogens is 2. The van der Waals surface area contributed by atoms with Gasteiger partial charge in [0.2, 0.25) is 0 Å². The van der Waals surface area contributed by atoms with Gasteiger partial charge in [-0.1, -0.05) is 0 Å². The Morgan fingerprint density at radius 2 is 2.38 bits per heavy atom. The number of nitrogens with zero attached hydrogens (tertiary/aromatic N) is 2. The number of ether oxygens (including phenoxy) is 2. The van der Waals surface area contributed by atoms with Gasteiger partial charge in [-0.05, 0) is 25.7 Å². The van der Waals surface area contributed by atoms with Crippen LogP contribution in [0.5, 0.6) is 0 Å². The lowest BCUT2D eigenvalue weighted by Gasteiger charge is -2.29. The van der Waals surface area contributed by atoms with Crippen LogP contribution >= 0.6 is 0 Å². The lowest BCUT2D eigenvalue weighted by molar-refractivity contribution is -0.00289. The molecule has 0 aromatic carbocycles. The number of rotatable bonds is 5. The third kappa shape index (κ3) is 3.06. The normalized spacial score (nSPS) is 25.8. The maximum absolute atomic E-state index is 5.77. The highest BCUT2D eigenvalue weighted by atomic mass is 16.5. The first kappa shape index (κ1) is 11.6. The van der Waals surface area contributed by atoms with E-state index in [9.17, 15) is 0 Å². The predicted molar refractivity (Wildman–Crippen MR) is 61.0 cm³/mol. The zero-order chi connectivity index (χ0) is 11.2. The zero-order valence-electron chi connectivity index (χ0n) is 9.71. The Hall–Kier alpha value is -0.870. The van der Waals surface area contributed by atoms with Crippen molar-refractivity contribution in [2.75, 3.05) is 20.3 Å². The minimum atomic E-state index is 0.354. The summed E-state index contributed by atoms with van der Waals surface area (Å²) in [5.41, 5.74) is 0. The molecule has 0 N–H and O–H groups in total. The van der Waals surface area contributed by atoms with E-state index in [-0.39, 0.29) is 0 Å². The summed E-state index contributed by atoms with van der Waals surface area (Å²) in [7, 11) is 1.70. The molecule has 1 radical (unpaired) electrons. The Balaban J connectivity index is 1.80. The molecular formula is C12H19N2O2. The van der Waals surface area contributed by atoms with E-state index >= 15 is 0 Å². The average Bonchev–Trinajstić information content (AvgIpc) is 2.83. The lowest BCUT2D eigenvalue weighted by atomic mass is 9.93. The van der Waals surface area contributed by atoms with Gasteiger partial charge in [-0.2, -0.15) is 0 Å². The summed E-state index contributed by atoms with van der Waals surface area (Å²) in [6.45, 7) is 1.37. The summed E-state index contributed by atoms with van der Waals surface area (Å²) < 4.78 is 12.9. The van der Waals surface area contributed by atoms with Crippen LogP contribution < -0.4 is 0 Å². The van der Waals surface area contributed by atoms with Crippen LogP contribution in [0.25, 0.3) is 0 Å². The van der Waals surface area contributed by atoms with Crippen LogP contribution in [0.2, 0.25) is 0 Å². The van der Waals surface area contributed by atoms with E-state index in [2.05, 4.69) is 16.0 Å². The molecule has 1 heterocycles. The molecule has 0 saturated heterocycles. The van der Waals surface area contributed by atoms with E-state index < -0.39 is 0 Å². The summed E-state index contributed by atoms with van der Waals surface area (Å²) in [6.07, 6.45) is 11.7. The molecule has 2 rings (SSSR count). The van der Waals surface area contributed by atoms with E-state index in [0.29, 0.717) is 25.4 Å². The van der Waals surface area contributed by atoms with Gasteiger partial charge in [-0.3, -0.25) is 0 Å². The molecule has 1 aromatic heterocycles. The highest BCUT2D eigenvalue weighted by Crippen LogP contribution is 2.28. The maximum Gasteiger partial charge on any atom is 0.0948 e. The minimum absolute atomic E-state index is 0.354. The quantitative estimate of drug-likeness (QED) is 0.715. The Kier molecular flexibility index (Phi) is 4.36. The fourth-order valence-corrected chi connectivity index (χ4v) is 2.12. The molecule has 89 valence electrons. The second-order valence-corrected chi connectivity index (χ2v) is 4.11. The molecular weight excluding hydrogens is 204 g/mol. The van der Waals surface area contributed by atoms with Gasteiger partial charge >= 0.3 is 0 Å². The van der Waals surface area contributed by atoms with E-state index in [4.69, 9.17) is 9.47 Å². The average molecular weight is 223 g/mol. The molecule has 1 aromatic rings. The molecule has 1 aliphatic rings. The monoisotopic (exact) mass is 223 g/mol. The maximum atomic E-state index is 5.77. The van der Waals surface area contributed by atoms with Crippen molar-refractivity contribution in [3.63, 3.8) is 0 Å². The molecule has 1 aliphatic carbocycles. The highest BCUT2D eigenvalue weighted by molar-refractivity contribution is 4.93. The molecule has 16 heavy (non-hydrogen) atoms.